The zero-order valence-electron chi connectivity index (χ0n) is 11.8. The van der Waals surface area contributed by atoms with Crippen LogP contribution in [0.25, 0.3) is 0 Å². The van der Waals surface area contributed by atoms with Gasteiger partial charge in [-0.05, 0) is 24.3 Å². The average Bonchev–Trinajstić information content (AvgIpc) is 2.94. The number of hydrogen-bond acceptors (Lipinski definition) is 4. The lowest BCUT2D eigenvalue weighted by Gasteiger charge is -2.31. The first-order chi connectivity index (χ1) is 9.69. The fourth-order valence-corrected chi connectivity index (χ4v) is 3.12. The van der Waals surface area contributed by atoms with Gasteiger partial charge in [-0.25, -0.2) is 0 Å². The quantitative estimate of drug-likeness (QED) is 0.812. The fourth-order valence-electron chi connectivity index (χ4n) is 2.40. The predicted molar refractivity (Wildman–Crippen MR) is 83.6 cm³/mol. The van der Waals surface area contributed by atoms with Gasteiger partial charge in [-0.1, -0.05) is 12.1 Å². The molecule has 110 valence electrons. The highest BCUT2D eigenvalue weighted by atomic mass is 32.1. The summed E-state index contributed by atoms with van der Waals surface area (Å²) in [5.74, 6) is 0.175. The summed E-state index contributed by atoms with van der Waals surface area (Å²) in [5.41, 5.74) is 5.89. The van der Waals surface area contributed by atoms with Crippen molar-refractivity contribution < 1.29 is 4.79 Å². The molecule has 0 atom stereocenters. The van der Waals surface area contributed by atoms with Crippen molar-refractivity contribution in [3.63, 3.8) is 0 Å². The summed E-state index contributed by atoms with van der Waals surface area (Å²) in [6, 6.07) is 4.38. The third kappa shape index (κ3) is 4.44. The van der Waals surface area contributed by atoms with Gasteiger partial charge in [0.1, 0.15) is 0 Å². The van der Waals surface area contributed by atoms with Gasteiger partial charge < -0.3 is 10.6 Å². The molecule has 1 aromatic rings. The Bertz CT molecular complexity index is 424. The summed E-state index contributed by atoms with van der Waals surface area (Å²) >= 11 is 1.68. The minimum Gasteiger partial charge on any atom is -0.333 e. The number of likely N-dealkylation sites (tertiary alicyclic amines) is 1. The van der Waals surface area contributed by atoms with Crippen molar-refractivity contribution >= 4 is 17.2 Å². The molecule has 0 bridgehead atoms. The van der Waals surface area contributed by atoms with Crippen molar-refractivity contribution in [1.82, 2.24) is 9.80 Å². The molecule has 2 heterocycles. The first-order valence-corrected chi connectivity index (χ1v) is 7.96. The maximum absolute atomic E-state index is 12.4. The van der Waals surface area contributed by atoms with Gasteiger partial charge >= 0.3 is 0 Å². The number of amides is 1. The molecule has 0 aliphatic carbocycles. The molecule has 2 N–H and O–H groups in total. The Morgan fingerprint density at radius 1 is 1.55 bits per heavy atom. The van der Waals surface area contributed by atoms with E-state index in [0.717, 1.165) is 25.9 Å². The SMILES string of the molecule is C=CCN(Cc1cccs1)C(=O)CN1CCC(N)CC1. The summed E-state index contributed by atoms with van der Waals surface area (Å²) in [4.78, 5) is 17.7. The normalized spacial score (nSPS) is 17.1. The van der Waals surface area contributed by atoms with Crippen LogP contribution in [0, 0.1) is 0 Å². The molecule has 1 amide bonds. The lowest BCUT2D eigenvalue weighted by molar-refractivity contribution is -0.132. The van der Waals surface area contributed by atoms with Crippen molar-refractivity contribution in [3.8, 4) is 0 Å². The molecule has 0 aromatic carbocycles. The van der Waals surface area contributed by atoms with Crippen LogP contribution < -0.4 is 5.73 Å². The summed E-state index contributed by atoms with van der Waals surface area (Å²) < 4.78 is 0. The van der Waals surface area contributed by atoms with Crippen molar-refractivity contribution in [3.05, 3.63) is 35.0 Å². The molecule has 2 rings (SSSR count). The Balaban J connectivity index is 1.87. The molecule has 0 radical (unpaired) electrons. The van der Waals surface area contributed by atoms with Gasteiger partial charge in [-0.2, -0.15) is 0 Å². The van der Waals surface area contributed by atoms with Crippen LogP contribution in [0.1, 0.15) is 17.7 Å². The fraction of sp³-hybridized carbons (Fsp3) is 0.533. The standard InChI is InChI=1S/C15H23N3OS/c1-2-7-18(11-14-4-3-10-20-14)15(19)12-17-8-5-13(16)6-9-17/h2-4,10,13H,1,5-9,11-12,16H2. The van der Waals surface area contributed by atoms with Crippen LogP contribution in [0.4, 0.5) is 0 Å². The van der Waals surface area contributed by atoms with Gasteiger partial charge in [0.05, 0.1) is 13.1 Å². The monoisotopic (exact) mass is 293 g/mol. The van der Waals surface area contributed by atoms with Crippen LogP contribution in [0.5, 0.6) is 0 Å². The van der Waals surface area contributed by atoms with E-state index in [1.807, 2.05) is 16.3 Å². The molecule has 1 aromatic heterocycles. The molecular formula is C15H23N3OS. The highest BCUT2D eigenvalue weighted by Crippen LogP contribution is 2.13. The van der Waals surface area contributed by atoms with Gasteiger partial charge in [0.25, 0.3) is 0 Å². The van der Waals surface area contributed by atoms with Gasteiger partial charge in [-0.3, -0.25) is 9.69 Å². The maximum atomic E-state index is 12.4. The predicted octanol–water partition coefficient (Wildman–Crippen LogP) is 1.69. The van der Waals surface area contributed by atoms with Crippen LogP contribution in [0.2, 0.25) is 0 Å². The molecule has 20 heavy (non-hydrogen) atoms. The molecule has 4 nitrogen and oxygen atoms in total. The maximum Gasteiger partial charge on any atom is 0.237 e. The molecule has 0 spiro atoms. The minimum absolute atomic E-state index is 0.175. The first kappa shape index (κ1) is 15.2. The van der Waals surface area contributed by atoms with Gasteiger partial charge in [0, 0.05) is 30.6 Å². The van der Waals surface area contributed by atoms with Gasteiger partial charge in [-0.15, -0.1) is 17.9 Å². The number of hydrogen-bond donors (Lipinski definition) is 1. The number of rotatable bonds is 6. The second-order valence-electron chi connectivity index (χ2n) is 5.26. The summed E-state index contributed by atoms with van der Waals surface area (Å²) in [7, 11) is 0. The molecule has 5 heteroatoms. The third-order valence-corrected chi connectivity index (χ3v) is 4.48. The van der Waals surface area contributed by atoms with E-state index >= 15 is 0 Å². The Kier molecular flexibility index (Phi) is 5.76. The average molecular weight is 293 g/mol. The smallest absolute Gasteiger partial charge is 0.237 e. The first-order valence-electron chi connectivity index (χ1n) is 7.08. The lowest BCUT2D eigenvalue weighted by Crippen LogP contribution is -2.45. The topological polar surface area (TPSA) is 49.6 Å². The molecule has 1 aliphatic rings. The summed E-state index contributed by atoms with van der Waals surface area (Å²) in [6.45, 7) is 7.37. The molecule has 1 aliphatic heterocycles. The van der Waals surface area contributed by atoms with Crippen LogP contribution in [-0.4, -0.2) is 47.9 Å². The number of thiophene rings is 1. The van der Waals surface area contributed by atoms with E-state index in [-0.39, 0.29) is 5.91 Å². The van der Waals surface area contributed by atoms with Crippen molar-refractivity contribution in [2.45, 2.75) is 25.4 Å². The highest BCUT2D eigenvalue weighted by Gasteiger charge is 2.21. The Morgan fingerprint density at radius 3 is 2.90 bits per heavy atom. The Morgan fingerprint density at radius 2 is 2.30 bits per heavy atom. The highest BCUT2D eigenvalue weighted by molar-refractivity contribution is 7.09. The molecule has 1 fully saturated rings. The van der Waals surface area contributed by atoms with Gasteiger partial charge in [0.15, 0.2) is 0 Å². The number of piperidine rings is 1. The van der Waals surface area contributed by atoms with E-state index in [4.69, 9.17) is 5.73 Å². The van der Waals surface area contributed by atoms with Crippen LogP contribution in [0.3, 0.4) is 0 Å². The van der Waals surface area contributed by atoms with Crippen molar-refractivity contribution in [2.75, 3.05) is 26.2 Å². The number of nitrogens with zero attached hydrogens (tertiary/aromatic N) is 2. The number of carbonyl (C=O) groups is 1. The van der Waals surface area contributed by atoms with E-state index in [1.165, 1.54) is 4.88 Å². The second-order valence-corrected chi connectivity index (χ2v) is 6.29. The van der Waals surface area contributed by atoms with Crippen LogP contribution >= 0.6 is 11.3 Å². The largest absolute Gasteiger partial charge is 0.333 e. The molecular weight excluding hydrogens is 270 g/mol. The molecule has 1 saturated heterocycles. The second kappa shape index (κ2) is 7.57. The summed E-state index contributed by atoms with van der Waals surface area (Å²) in [6.07, 6.45) is 3.76. The number of nitrogens with two attached hydrogens (primary N) is 1. The summed E-state index contributed by atoms with van der Waals surface area (Å²) in [5, 5.41) is 2.04. The molecule has 0 saturated carbocycles. The van der Waals surface area contributed by atoms with E-state index in [1.54, 1.807) is 17.4 Å². The van der Waals surface area contributed by atoms with Crippen LogP contribution in [-0.2, 0) is 11.3 Å². The number of carbonyl (C=O) groups excluding carboxylic acids is 1. The Hall–Kier alpha value is -1.17. The third-order valence-electron chi connectivity index (χ3n) is 3.62. The minimum atomic E-state index is 0.175. The zero-order valence-corrected chi connectivity index (χ0v) is 12.6. The van der Waals surface area contributed by atoms with Crippen molar-refractivity contribution in [1.29, 1.82) is 0 Å². The van der Waals surface area contributed by atoms with E-state index in [9.17, 15) is 4.79 Å². The molecule has 0 unspecified atom stereocenters. The van der Waals surface area contributed by atoms with E-state index in [2.05, 4.69) is 17.5 Å². The Labute approximate surface area is 124 Å². The lowest BCUT2D eigenvalue weighted by atomic mass is 10.1. The van der Waals surface area contributed by atoms with Crippen molar-refractivity contribution in [2.24, 2.45) is 5.73 Å². The zero-order chi connectivity index (χ0) is 14.4. The van der Waals surface area contributed by atoms with E-state index < -0.39 is 0 Å². The van der Waals surface area contributed by atoms with E-state index in [0.29, 0.717) is 25.7 Å². The van der Waals surface area contributed by atoms with Crippen LogP contribution in [0.15, 0.2) is 30.2 Å². The van der Waals surface area contributed by atoms with Gasteiger partial charge in [0.2, 0.25) is 5.91 Å².